The Morgan fingerprint density at radius 2 is 1.64 bits per heavy atom. The molecule has 1 fully saturated rings. The minimum Gasteiger partial charge on any atom is -0.612 e. The van der Waals surface area contributed by atoms with Crippen molar-refractivity contribution in [2.75, 3.05) is 12.9 Å². The van der Waals surface area contributed by atoms with Crippen LogP contribution >= 0.6 is 0 Å². The summed E-state index contributed by atoms with van der Waals surface area (Å²) in [7, 11) is 0. The maximum absolute atomic E-state index is 14.6. The highest BCUT2D eigenvalue weighted by molar-refractivity contribution is 7.90. The summed E-state index contributed by atoms with van der Waals surface area (Å²) in [5.74, 6) is -4.28. The Bertz CT molecular complexity index is 1570. The van der Waals surface area contributed by atoms with Gasteiger partial charge in [-0.1, -0.05) is 6.07 Å². The van der Waals surface area contributed by atoms with Crippen molar-refractivity contribution in [1.82, 2.24) is 0 Å². The van der Waals surface area contributed by atoms with Gasteiger partial charge in [-0.15, -0.1) is 0 Å². The van der Waals surface area contributed by atoms with Crippen molar-refractivity contribution >= 4 is 52.3 Å². The summed E-state index contributed by atoms with van der Waals surface area (Å²) in [6, 6.07) is 11.0. The average Bonchev–Trinajstić information content (AvgIpc) is 3.20. The normalized spacial score (nSPS) is 24.6. The third-order valence-electron chi connectivity index (χ3n) is 7.24. The van der Waals surface area contributed by atoms with Gasteiger partial charge in [0, 0.05) is 26.3 Å². The molecule has 1 radical (unpaired) electrons. The number of esters is 3. The molecule has 1 aliphatic heterocycles. The van der Waals surface area contributed by atoms with E-state index in [0.29, 0.717) is 21.6 Å². The molecule has 0 bridgehead atoms. The second-order valence-electron chi connectivity index (χ2n) is 10.4. The van der Waals surface area contributed by atoms with E-state index in [-0.39, 0.29) is 11.3 Å². The number of carbonyl (C=O) groups is 4. The van der Waals surface area contributed by atoms with Crippen LogP contribution in [-0.2, 0) is 54.0 Å². The fraction of sp³-hybridized carbons (Fsp3) is 0.344. The number of aliphatic hydroxyl groups is 1. The second-order valence-corrected chi connectivity index (χ2v) is 11.8. The first-order valence-corrected chi connectivity index (χ1v) is 15.3. The Morgan fingerprint density at radius 3 is 2.18 bits per heavy atom. The molecule has 1 unspecified atom stereocenters. The van der Waals surface area contributed by atoms with Crippen LogP contribution in [0.4, 0.5) is 4.39 Å². The number of hydrogen-bond donors (Lipinski definition) is 1. The first kappa shape index (κ1) is 33.8. The van der Waals surface area contributed by atoms with Crippen molar-refractivity contribution in [3.63, 3.8) is 0 Å². The topological polar surface area (TPSA) is 158 Å². The van der Waals surface area contributed by atoms with Crippen LogP contribution < -0.4 is 0 Å². The van der Waals surface area contributed by atoms with Gasteiger partial charge in [-0.3, -0.25) is 19.2 Å². The van der Waals surface area contributed by atoms with Gasteiger partial charge in [0.1, 0.15) is 23.9 Å². The first-order valence-electron chi connectivity index (χ1n) is 13.7. The summed E-state index contributed by atoms with van der Waals surface area (Å²) in [6.07, 6.45) is -2.39. The molecular weight excluding hydrogens is 611 g/mol. The molecule has 1 N–H and O–H groups in total. The van der Waals surface area contributed by atoms with Gasteiger partial charge in [0.2, 0.25) is 6.10 Å². The van der Waals surface area contributed by atoms with E-state index in [2.05, 4.69) is 0 Å². The van der Waals surface area contributed by atoms with E-state index in [4.69, 9.17) is 23.7 Å². The van der Waals surface area contributed by atoms with Crippen molar-refractivity contribution in [1.29, 1.82) is 0 Å². The number of allylic oxidation sites excluding steroid dienone is 2. The summed E-state index contributed by atoms with van der Waals surface area (Å²) in [6.45, 7) is 4.92. The minimum absolute atomic E-state index is 0.0529. The van der Waals surface area contributed by atoms with E-state index >= 15 is 0 Å². The van der Waals surface area contributed by atoms with Gasteiger partial charge in [0.25, 0.3) is 5.60 Å². The van der Waals surface area contributed by atoms with Crippen molar-refractivity contribution < 1.29 is 56.9 Å². The predicted molar refractivity (Wildman–Crippen MR) is 158 cm³/mol. The number of fused-ring (bicyclic) bond motifs is 1. The second kappa shape index (κ2) is 13.5. The number of hydrogen-bond acceptors (Lipinski definition) is 11. The van der Waals surface area contributed by atoms with Crippen LogP contribution in [0.1, 0.15) is 51.3 Å². The highest BCUT2D eigenvalue weighted by Gasteiger charge is 2.68. The van der Waals surface area contributed by atoms with Gasteiger partial charge in [-0.05, 0) is 89.8 Å². The van der Waals surface area contributed by atoms with Crippen LogP contribution in [0.5, 0.6) is 0 Å². The molecule has 2 aromatic carbocycles. The van der Waals surface area contributed by atoms with Gasteiger partial charge in [-0.2, -0.15) is 0 Å². The maximum atomic E-state index is 14.6. The van der Waals surface area contributed by atoms with Crippen molar-refractivity contribution in [2.24, 2.45) is 0 Å². The lowest BCUT2D eigenvalue weighted by Crippen LogP contribution is -2.71. The van der Waals surface area contributed by atoms with E-state index in [1.807, 2.05) is 6.08 Å². The molecule has 45 heavy (non-hydrogen) atoms. The molecular formula is C32H32FO11S. The molecule has 5 atom stereocenters. The smallest absolute Gasteiger partial charge is 0.324 e. The van der Waals surface area contributed by atoms with E-state index in [9.17, 15) is 33.2 Å². The number of benzene rings is 2. The Labute approximate surface area is 262 Å². The Morgan fingerprint density at radius 1 is 1.00 bits per heavy atom. The van der Waals surface area contributed by atoms with Crippen molar-refractivity contribution in [3.8, 4) is 0 Å². The lowest BCUT2D eigenvalue weighted by Gasteiger charge is -2.49. The standard InChI is InChI=1S/C32H32FO11S/c1-16-25(13-21-7-10-23(11-8-21)45(6)39)24-12-9-22(33)14-26(24)28(16)43-31-30(41-19(4)37)32(17(2)35,44-20(5)38)29(40-18(3)36)27(15-34)42-31/h7-14,27,29-30,34H,15H2,1-6H3/t27-,29-,30+,32+,45?/m1/s1. The zero-order chi connectivity index (χ0) is 33.2. The Kier molecular flexibility index (Phi) is 10.2. The van der Waals surface area contributed by atoms with Crippen LogP contribution in [0.15, 0.2) is 52.9 Å². The van der Waals surface area contributed by atoms with E-state index in [0.717, 1.165) is 33.3 Å². The minimum atomic E-state index is -2.53. The molecule has 239 valence electrons. The number of ether oxygens (including phenoxy) is 5. The fourth-order valence-electron chi connectivity index (χ4n) is 5.34. The largest absolute Gasteiger partial charge is 0.612 e. The summed E-state index contributed by atoms with van der Waals surface area (Å²) in [5.41, 5.74) is 0.180. The average molecular weight is 644 g/mol. The number of halogens is 1. The fourth-order valence-corrected chi connectivity index (χ4v) is 5.86. The zero-order valence-corrected chi connectivity index (χ0v) is 26.2. The quantitative estimate of drug-likeness (QED) is 0.242. The van der Waals surface area contributed by atoms with Gasteiger partial charge in [0.15, 0.2) is 16.8 Å². The summed E-state index contributed by atoms with van der Waals surface area (Å²) in [4.78, 5) is 50.8. The van der Waals surface area contributed by atoms with E-state index in [1.54, 1.807) is 43.5 Å². The van der Waals surface area contributed by atoms with Crippen LogP contribution in [-0.4, -0.2) is 70.1 Å². The third kappa shape index (κ3) is 6.81. The summed E-state index contributed by atoms with van der Waals surface area (Å²) < 4.78 is 54.8. The van der Waals surface area contributed by atoms with Crippen LogP contribution in [0, 0.1) is 12.1 Å². The van der Waals surface area contributed by atoms with Crippen molar-refractivity contribution in [3.05, 3.63) is 76.8 Å². The molecule has 0 aromatic heterocycles. The molecule has 0 amide bonds. The number of carbonyl (C=O) groups excluding carboxylic acids is 4. The number of aliphatic hydroxyl groups excluding tert-OH is 1. The number of ketones is 1. The number of rotatable bonds is 9. The predicted octanol–water partition coefficient (Wildman–Crippen LogP) is 3.50. The summed E-state index contributed by atoms with van der Waals surface area (Å²) in [5, 5.41) is 10.2. The lowest BCUT2D eigenvalue weighted by atomic mass is 9.80. The molecule has 0 spiro atoms. The molecule has 2 aromatic rings. The molecule has 13 heteroatoms. The SMILES string of the molecule is CC(=O)O[C@@H]1[C@@H](CO)O[C](OC2=C(C)C(=Cc3ccc([S+](C)[O-])cc3)c3ccc(F)cc32)[C@H](OC(C)=O)[C@]1(OC(C)=O)C(C)=O. The first-order chi connectivity index (χ1) is 21.2. The molecule has 11 nitrogen and oxygen atoms in total. The van der Waals surface area contributed by atoms with Gasteiger partial charge in [-0.25, -0.2) is 4.39 Å². The highest BCUT2D eigenvalue weighted by Crippen LogP contribution is 2.48. The van der Waals surface area contributed by atoms with Crippen LogP contribution in [0.25, 0.3) is 17.4 Å². The maximum Gasteiger partial charge on any atom is 0.324 e. The van der Waals surface area contributed by atoms with Gasteiger partial charge in [0.05, 0.1) is 6.61 Å². The van der Waals surface area contributed by atoms with E-state index in [1.165, 1.54) is 12.1 Å². The molecule has 2 aliphatic rings. The summed E-state index contributed by atoms with van der Waals surface area (Å²) >= 11 is -1.17. The van der Waals surface area contributed by atoms with Crippen molar-refractivity contribution in [2.45, 2.75) is 63.4 Å². The lowest BCUT2D eigenvalue weighted by molar-refractivity contribution is -0.277. The van der Waals surface area contributed by atoms with Gasteiger partial charge < -0.3 is 33.3 Å². The zero-order valence-electron chi connectivity index (χ0n) is 25.4. The number of Topliss-reactive ketones (excluding diaryl/α,β-unsaturated/α-hetero) is 1. The molecule has 1 aliphatic carbocycles. The van der Waals surface area contributed by atoms with E-state index < -0.39 is 77.5 Å². The molecule has 0 saturated carbocycles. The Hall–Kier alpha value is -4.04. The Balaban J connectivity index is 1.88. The molecule has 1 saturated heterocycles. The molecule has 1 heterocycles. The van der Waals surface area contributed by atoms with Crippen LogP contribution in [0.3, 0.4) is 0 Å². The van der Waals surface area contributed by atoms with Gasteiger partial charge >= 0.3 is 24.2 Å². The highest BCUT2D eigenvalue weighted by atomic mass is 32.2. The third-order valence-corrected chi connectivity index (χ3v) is 8.17. The van der Waals surface area contributed by atoms with Crippen LogP contribution in [0.2, 0.25) is 0 Å². The monoisotopic (exact) mass is 643 g/mol. The molecule has 4 rings (SSSR count).